The molecule has 0 N–H and O–H groups in total. The van der Waals surface area contributed by atoms with Crippen LogP contribution in [-0.4, -0.2) is 18.9 Å². The van der Waals surface area contributed by atoms with Gasteiger partial charge in [0, 0.05) is 12.3 Å². The zero-order chi connectivity index (χ0) is 12.6. The molecule has 0 radical (unpaired) electrons. The van der Waals surface area contributed by atoms with Crippen LogP contribution in [0.5, 0.6) is 0 Å². The van der Waals surface area contributed by atoms with Crippen LogP contribution in [0.1, 0.15) is 26.7 Å². The summed E-state index contributed by atoms with van der Waals surface area (Å²) in [6, 6.07) is 0. The minimum Gasteiger partial charge on any atom is -0.469 e. The predicted molar refractivity (Wildman–Crippen MR) is 64.2 cm³/mol. The van der Waals surface area contributed by atoms with E-state index >= 15 is 0 Å². The second-order valence-electron chi connectivity index (χ2n) is 5.42. The second kappa shape index (κ2) is 4.63. The number of methoxy groups -OCH3 is 1. The van der Waals surface area contributed by atoms with Crippen LogP contribution in [0.3, 0.4) is 0 Å². The summed E-state index contributed by atoms with van der Waals surface area (Å²) in [6.45, 7) is 4.29. The van der Waals surface area contributed by atoms with Crippen molar-refractivity contribution in [1.82, 2.24) is 0 Å². The predicted octanol–water partition coefficient (Wildman–Crippen LogP) is 2.21. The number of hydrogen-bond acceptors (Lipinski definition) is 3. The molecule has 3 heteroatoms. The molecule has 1 fully saturated rings. The van der Waals surface area contributed by atoms with E-state index < -0.39 is 0 Å². The van der Waals surface area contributed by atoms with Crippen LogP contribution in [0.2, 0.25) is 0 Å². The Kier molecular flexibility index (Phi) is 3.36. The first-order chi connectivity index (χ1) is 8.04. The van der Waals surface area contributed by atoms with Crippen LogP contribution in [0.25, 0.3) is 0 Å². The summed E-state index contributed by atoms with van der Waals surface area (Å²) >= 11 is 0. The lowest BCUT2D eigenvalue weighted by Gasteiger charge is -2.40. The van der Waals surface area contributed by atoms with E-state index in [1.807, 2.05) is 0 Å². The largest absolute Gasteiger partial charge is 0.469 e. The van der Waals surface area contributed by atoms with Crippen molar-refractivity contribution in [2.45, 2.75) is 26.7 Å². The molecule has 0 aromatic rings. The third-order valence-corrected chi connectivity index (χ3v) is 4.43. The monoisotopic (exact) mass is 236 g/mol. The molecule has 5 atom stereocenters. The molecule has 0 spiro atoms. The van der Waals surface area contributed by atoms with Gasteiger partial charge in [-0.05, 0) is 24.2 Å². The molecule has 1 saturated carbocycles. The second-order valence-corrected chi connectivity index (χ2v) is 5.42. The van der Waals surface area contributed by atoms with Gasteiger partial charge in [0.05, 0.1) is 13.0 Å². The van der Waals surface area contributed by atoms with Crippen LogP contribution < -0.4 is 0 Å². The number of rotatable bonds is 1. The number of hydrogen-bond donors (Lipinski definition) is 0. The Balaban J connectivity index is 2.18. The molecule has 0 aliphatic heterocycles. The fraction of sp³-hybridized carbons (Fsp3) is 0.714. The molecule has 5 unspecified atom stereocenters. The lowest BCUT2D eigenvalue weighted by molar-refractivity contribution is -0.151. The quantitative estimate of drug-likeness (QED) is 0.518. The number of carbonyl (C=O) groups excluding carboxylic acids is 2. The van der Waals surface area contributed by atoms with Crippen molar-refractivity contribution in [3.05, 3.63) is 12.2 Å². The molecule has 94 valence electrons. The molecular weight excluding hydrogens is 216 g/mol. The Morgan fingerprint density at radius 2 is 2.06 bits per heavy atom. The number of carbonyl (C=O) groups is 2. The van der Waals surface area contributed by atoms with Crippen LogP contribution in [0.15, 0.2) is 12.2 Å². The first-order valence-corrected chi connectivity index (χ1v) is 6.33. The normalized spacial score (nSPS) is 40.9. The van der Waals surface area contributed by atoms with Gasteiger partial charge < -0.3 is 4.74 Å². The van der Waals surface area contributed by atoms with Crippen molar-refractivity contribution in [2.24, 2.45) is 29.6 Å². The summed E-state index contributed by atoms with van der Waals surface area (Å²) in [5, 5.41) is 0. The lowest BCUT2D eigenvalue weighted by atomic mass is 9.63. The van der Waals surface area contributed by atoms with Gasteiger partial charge >= 0.3 is 5.97 Å². The summed E-state index contributed by atoms with van der Waals surface area (Å²) in [5.41, 5.74) is 0. The fourth-order valence-electron chi connectivity index (χ4n) is 3.22. The minimum atomic E-state index is -0.239. The highest BCUT2D eigenvalue weighted by Gasteiger charge is 2.43. The van der Waals surface area contributed by atoms with Crippen molar-refractivity contribution in [2.75, 3.05) is 7.11 Å². The molecule has 0 aromatic heterocycles. The number of ether oxygens (including phenoxy) is 1. The maximum atomic E-state index is 12.2. The number of allylic oxidation sites excluding steroid dienone is 2. The van der Waals surface area contributed by atoms with Crippen LogP contribution in [0.4, 0.5) is 0 Å². The van der Waals surface area contributed by atoms with Crippen molar-refractivity contribution >= 4 is 11.8 Å². The van der Waals surface area contributed by atoms with Gasteiger partial charge in [-0.1, -0.05) is 26.0 Å². The van der Waals surface area contributed by atoms with Crippen LogP contribution >= 0.6 is 0 Å². The molecule has 0 heterocycles. The van der Waals surface area contributed by atoms with Crippen molar-refractivity contribution < 1.29 is 14.3 Å². The Bertz CT molecular complexity index is 358. The summed E-state index contributed by atoms with van der Waals surface area (Å²) in [5.74, 6) is 0.935. The molecule has 3 nitrogen and oxygen atoms in total. The standard InChI is InChI=1S/C14H20O3/c1-8-4-5-10-6-11(14(16)17-3)7-12(15)13(10)9(8)2/h4-5,8-11,13H,6-7H2,1-3H3. The maximum Gasteiger partial charge on any atom is 0.309 e. The zero-order valence-corrected chi connectivity index (χ0v) is 10.7. The van der Waals surface area contributed by atoms with Gasteiger partial charge in [0.15, 0.2) is 0 Å². The first kappa shape index (κ1) is 12.3. The first-order valence-electron chi connectivity index (χ1n) is 6.33. The molecular formula is C14H20O3. The molecule has 2 aliphatic carbocycles. The summed E-state index contributed by atoms with van der Waals surface area (Å²) < 4.78 is 4.75. The Labute approximate surface area is 102 Å². The Hall–Kier alpha value is -1.12. The Morgan fingerprint density at radius 1 is 1.35 bits per heavy atom. The highest BCUT2D eigenvalue weighted by atomic mass is 16.5. The highest BCUT2D eigenvalue weighted by molar-refractivity contribution is 5.88. The van der Waals surface area contributed by atoms with Gasteiger partial charge in [-0.15, -0.1) is 0 Å². The molecule has 0 bridgehead atoms. The van der Waals surface area contributed by atoms with E-state index in [9.17, 15) is 9.59 Å². The summed E-state index contributed by atoms with van der Waals surface area (Å²) in [7, 11) is 1.39. The molecule has 0 amide bonds. The van der Waals surface area contributed by atoms with E-state index in [1.54, 1.807) is 0 Å². The molecule has 0 saturated heterocycles. The van der Waals surface area contributed by atoms with Gasteiger partial charge in [-0.3, -0.25) is 9.59 Å². The highest BCUT2D eigenvalue weighted by Crippen LogP contribution is 2.42. The molecule has 2 aliphatic rings. The average molecular weight is 236 g/mol. The zero-order valence-electron chi connectivity index (χ0n) is 10.7. The number of ketones is 1. The van der Waals surface area contributed by atoms with Crippen molar-refractivity contribution in [3.63, 3.8) is 0 Å². The van der Waals surface area contributed by atoms with Crippen LogP contribution in [0, 0.1) is 29.6 Å². The third-order valence-electron chi connectivity index (χ3n) is 4.43. The average Bonchev–Trinajstić information content (AvgIpc) is 2.32. The van der Waals surface area contributed by atoms with Crippen LogP contribution in [-0.2, 0) is 14.3 Å². The molecule has 17 heavy (non-hydrogen) atoms. The number of Topliss-reactive ketones (excluding diaryl/α,β-unsaturated/α-hetero) is 1. The van der Waals surface area contributed by atoms with E-state index in [1.165, 1.54) is 7.11 Å². The van der Waals surface area contributed by atoms with E-state index in [0.29, 0.717) is 18.3 Å². The number of esters is 1. The molecule has 2 rings (SSSR count). The van der Waals surface area contributed by atoms with E-state index in [-0.39, 0.29) is 29.5 Å². The van der Waals surface area contributed by atoms with Gasteiger partial charge in [0.2, 0.25) is 0 Å². The summed E-state index contributed by atoms with van der Waals surface area (Å²) in [4.78, 5) is 23.7. The maximum absolute atomic E-state index is 12.2. The topological polar surface area (TPSA) is 43.4 Å². The lowest BCUT2D eigenvalue weighted by Crippen LogP contribution is -2.42. The SMILES string of the molecule is COC(=O)C1CC(=O)C2C(C=CC(C)C2C)C1. The summed E-state index contributed by atoms with van der Waals surface area (Å²) in [6.07, 6.45) is 5.43. The smallest absolute Gasteiger partial charge is 0.309 e. The van der Waals surface area contributed by atoms with Gasteiger partial charge in [-0.25, -0.2) is 0 Å². The minimum absolute atomic E-state index is 0.107. The third kappa shape index (κ3) is 2.15. The van der Waals surface area contributed by atoms with E-state index in [4.69, 9.17) is 4.74 Å². The van der Waals surface area contributed by atoms with Gasteiger partial charge in [-0.2, -0.15) is 0 Å². The van der Waals surface area contributed by atoms with Crippen molar-refractivity contribution in [1.29, 1.82) is 0 Å². The van der Waals surface area contributed by atoms with E-state index in [2.05, 4.69) is 26.0 Å². The number of fused-ring (bicyclic) bond motifs is 1. The van der Waals surface area contributed by atoms with Gasteiger partial charge in [0.1, 0.15) is 5.78 Å². The Morgan fingerprint density at radius 3 is 2.71 bits per heavy atom. The molecule has 0 aromatic carbocycles. The fourth-order valence-corrected chi connectivity index (χ4v) is 3.22. The van der Waals surface area contributed by atoms with Crippen molar-refractivity contribution in [3.8, 4) is 0 Å². The van der Waals surface area contributed by atoms with E-state index in [0.717, 1.165) is 6.42 Å². The van der Waals surface area contributed by atoms with Gasteiger partial charge in [0.25, 0.3) is 0 Å².